The Morgan fingerprint density at radius 3 is 3.00 bits per heavy atom. The van der Waals surface area contributed by atoms with E-state index in [1.807, 2.05) is 0 Å². The molecular formula is C10H11N5O3. The van der Waals surface area contributed by atoms with E-state index in [4.69, 9.17) is 10.8 Å². The van der Waals surface area contributed by atoms with Gasteiger partial charge in [-0.3, -0.25) is 0 Å². The summed E-state index contributed by atoms with van der Waals surface area (Å²) in [7, 11) is 0. The van der Waals surface area contributed by atoms with Crippen LogP contribution in [0.5, 0.6) is 0 Å². The monoisotopic (exact) mass is 249 g/mol. The summed E-state index contributed by atoms with van der Waals surface area (Å²) in [5.41, 5.74) is 5.82. The second kappa shape index (κ2) is 5.13. The highest BCUT2D eigenvalue weighted by Gasteiger charge is 2.11. The molecule has 18 heavy (non-hydrogen) atoms. The predicted octanol–water partition coefficient (Wildman–Crippen LogP) is 0.400. The van der Waals surface area contributed by atoms with Gasteiger partial charge >= 0.3 is 5.97 Å². The summed E-state index contributed by atoms with van der Waals surface area (Å²) in [5.74, 6) is -0.285. The van der Waals surface area contributed by atoms with Crippen LogP contribution in [0.3, 0.4) is 0 Å². The zero-order valence-electron chi connectivity index (χ0n) is 9.33. The summed E-state index contributed by atoms with van der Waals surface area (Å²) in [6, 6.07) is 1.35. The molecule has 0 aromatic carbocycles. The zero-order chi connectivity index (χ0) is 13.0. The molecule has 0 aliphatic rings. The maximum Gasteiger partial charge on any atom is 0.339 e. The second-order valence-corrected chi connectivity index (χ2v) is 3.49. The number of nitrogens with one attached hydrogen (secondary N) is 1. The summed E-state index contributed by atoms with van der Waals surface area (Å²) < 4.78 is 4.58. The van der Waals surface area contributed by atoms with E-state index in [2.05, 4.69) is 25.0 Å². The third-order valence-corrected chi connectivity index (χ3v) is 2.19. The van der Waals surface area contributed by atoms with Crippen molar-refractivity contribution in [3.63, 3.8) is 0 Å². The average Bonchev–Trinajstić information content (AvgIpc) is 2.84. The number of pyridine rings is 1. The summed E-state index contributed by atoms with van der Waals surface area (Å²) in [6.45, 7) is 0.441. The smallest absolute Gasteiger partial charge is 0.339 e. The predicted molar refractivity (Wildman–Crippen MR) is 62.1 cm³/mol. The topological polar surface area (TPSA) is 127 Å². The lowest BCUT2D eigenvalue weighted by Gasteiger charge is -2.07. The highest BCUT2D eigenvalue weighted by Crippen LogP contribution is 2.15. The normalized spacial score (nSPS) is 10.2. The first kappa shape index (κ1) is 11.8. The first-order chi connectivity index (χ1) is 8.66. The number of hydrogen-bond acceptors (Lipinski definition) is 7. The number of carbonyl (C=O) groups is 1. The van der Waals surface area contributed by atoms with Gasteiger partial charge in [-0.2, -0.15) is 4.98 Å². The number of rotatable bonds is 5. The number of nitrogens with two attached hydrogens (primary N) is 1. The molecule has 2 aromatic rings. The molecule has 0 aliphatic heterocycles. The minimum absolute atomic E-state index is 0.0307. The van der Waals surface area contributed by atoms with E-state index >= 15 is 0 Å². The minimum atomic E-state index is -1.09. The largest absolute Gasteiger partial charge is 0.478 e. The second-order valence-electron chi connectivity index (χ2n) is 3.49. The van der Waals surface area contributed by atoms with Crippen molar-refractivity contribution in [3.8, 4) is 0 Å². The van der Waals surface area contributed by atoms with Gasteiger partial charge in [0.15, 0.2) is 5.82 Å². The molecule has 0 spiro atoms. The first-order valence-corrected chi connectivity index (χ1v) is 5.15. The Kier molecular flexibility index (Phi) is 3.37. The van der Waals surface area contributed by atoms with Crippen LogP contribution >= 0.6 is 0 Å². The van der Waals surface area contributed by atoms with Gasteiger partial charge in [0.2, 0.25) is 6.39 Å². The fraction of sp³-hybridized carbons (Fsp3) is 0.200. The number of nitrogens with zero attached hydrogens (tertiary/aromatic N) is 3. The Hall–Kier alpha value is -2.64. The van der Waals surface area contributed by atoms with Crippen LogP contribution in [0.2, 0.25) is 0 Å². The van der Waals surface area contributed by atoms with Crippen molar-refractivity contribution >= 4 is 17.5 Å². The molecule has 8 heteroatoms. The van der Waals surface area contributed by atoms with Gasteiger partial charge in [0.05, 0.1) is 11.9 Å². The van der Waals surface area contributed by atoms with Gasteiger partial charge in [-0.1, -0.05) is 5.16 Å². The fourth-order valence-corrected chi connectivity index (χ4v) is 1.38. The van der Waals surface area contributed by atoms with Crippen LogP contribution in [0.1, 0.15) is 16.2 Å². The molecule has 94 valence electrons. The van der Waals surface area contributed by atoms with E-state index in [0.29, 0.717) is 24.5 Å². The van der Waals surface area contributed by atoms with Gasteiger partial charge in [0, 0.05) is 13.0 Å². The molecule has 0 saturated carbocycles. The number of hydrogen-bond donors (Lipinski definition) is 3. The molecule has 2 aromatic heterocycles. The number of aromatic carboxylic acids is 1. The van der Waals surface area contributed by atoms with Crippen LogP contribution < -0.4 is 11.1 Å². The van der Waals surface area contributed by atoms with Crippen molar-refractivity contribution in [2.75, 3.05) is 17.6 Å². The van der Waals surface area contributed by atoms with Crippen molar-refractivity contribution in [3.05, 3.63) is 30.0 Å². The lowest BCUT2D eigenvalue weighted by Crippen LogP contribution is -2.12. The highest BCUT2D eigenvalue weighted by atomic mass is 16.5. The van der Waals surface area contributed by atoms with Crippen LogP contribution in [0, 0.1) is 0 Å². The summed E-state index contributed by atoms with van der Waals surface area (Å²) in [6.07, 6.45) is 3.13. The third-order valence-electron chi connectivity index (χ3n) is 2.19. The Balaban J connectivity index is 2.02. The van der Waals surface area contributed by atoms with Gasteiger partial charge in [-0.25, -0.2) is 9.78 Å². The lowest BCUT2D eigenvalue weighted by atomic mass is 10.2. The van der Waals surface area contributed by atoms with E-state index in [-0.39, 0.29) is 11.4 Å². The maximum atomic E-state index is 11.0. The molecule has 0 fully saturated rings. The van der Waals surface area contributed by atoms with E-state index in [1.165, 1.54) is 18.7 Å². The number of carboxylic acids is 1. The number of nitrogen functional groups attached to an aromatic ring is 1. The van der Waals surface area contributed by atoms with Crippen molar-refractivity contribution in [2.24, 2.45) is 0 Å². The highest BCUT2D eigenvalue weighted by molar-refractivity contribution is 5.94. The molecule has 8 nitrogen and oxygen atoms in total. The SMILES string of the molecule is Nc1cnc(NCCc2ncon2)c(C(=O)O)c1. The van der Waals surface area contributed by atoms with Crippen molar-refractivity contribution in [1.29, 1.82) is 0 Å². The van der Waals surface area contributed by atoms with Crippen LogP contribution in [0.4, 0.5) is 11.5 Å². The van der Waals surface area contributed by atoms with Crippen LogP contribution in [-0.2, 0) is 6.42 Å². The van der Waals surface area contributed by atoms with Gasteiger partial charge in [-0.05, 0) is 6.07 Å². The Labute approximate surface area is 102 Å². The van der Waals surface area contributed by atoms with E-state index < -0.39 is 5.97 Å². The summed E-state index contributed by atoms with van der Waals surface area (Å²) >= 11 is 0. The molecule has 0 amide bonds. The van der Waals surface area contributed by atoms with Crippen molar-refractivity contribution < 1.29 is 14.4 Å². The standard InChI is InChI=1S/C10H11N5O3/c11-6-3-7(10(16)17)9(13-4-6)12-2-1-8-14-5-18-15-8/h3-5H,1-2,11H2,(H,12,13)(H,16,17). The summed E-state index contributed by atoms with van der Waals surface area (Å²) in [5, 5.41) is 15.5. The molecule has 2 rings (SSSR count). The molecule has 4 N–H and O–H groups in total. The molecular weight excluding hydrogens is 238 g/mol. The minimum Gasteiger partial charge on any atom is -0.478 e. The number of anilines is 2. The quantitative estimate of drug-likeness (QED) is 0.694. The van der Waals surface area contributed by atoms with Crippen LogP contribution in [0.15, 0.2) is 23.2 Å². The Morgan fingerprint density at radius 2 is 2.33 bits per heavy atom. The number of carboxylic acid groups (broad SMARTS) is 1. The summed E-state index contributed by atoms with van der Waals surface area (Å²) in [4.78, 5) is 18.8. The van der Waals surface area contributed by atoms with Gasteiger partial charge < -0.3 is 20.7 Å². The maximum absolute atomic E-state index is 11.0. The molecule has 0 atom stereocenters. The van der Waals surface area contributed by atoms with Gasteiger partial charge in [-0.15, -0.1) is 0 Å². The fourth-order valence-electron chi connectivity index (χ4n) is 1.38. The zero-order valence-corrected chi connectivity index (χ0v) is 9.33. The molecule has 0 unspecified atom stereocenters. The molecule has 2 heterocycles. The van der Waals surface area contributed by atoms with Crippen molar-refractivity contribution in [1.82, 2.24) is 15.1 Å². The number of aromatic nitrogens is 3. The van der Waals surface area contributed by atoms with Crippen molar-refractivity contribution in [2.45, 2.75) is 6.42 Å². The Bertz CT molecular complexity index is 540. The first-order valence-electron chi connectivity index (χ1n) is 5.15. The lowest BCUT2D eigenvalue weighted by molar-refractivity contribution is 0.0697. The third kappa shape index (κ3) is 2.73. The van der Waals surface area contributed by atoms with Gasteiger partial charge in [0.25, 0.3) is 0 Å². The van der Waals surface area contributed by atoms with Crippen LogP contribution in [-0.4, -0.2) is 32.7 Å². The van der Waals surface area contributed by atoms with E-state index in [9.17, 15) is 4.79 Å². The van der Waals surface area contributed by atoms with Gasteiger partial charge in [0.1, 0.15) is 11.4 Å². The van der Waals surface area contributed by atoms with E-state index in [0.717, 1.165) is 0 Å². The average molecular weight is 249 g/mol. The van der Waals surface area contributed by atoms with Crippen LogP contribution in [0.25, 0.3) is 0 Å². The molecule has 0 aliphatic carbocycles. The Morgan fingerprint density at radius 1 is 1.50 bits per heavy atom. The molecule has 0 radical (unpaired) electrons. The molecule has 0 bridgehead atoms. The van der Waals surface area contributed by atoms with E-state index in [1.54, 1.807) is 0 Å². The molecule has 0 saturated heterocycles.